The quantitative estimate of drug-likeness (QED) is 0.755. The van der Waals surface area contributed by atoms with E-state index < -0.39 is 10.2 Å². The van der Waals surface area contributed by atoms with Crippen LogP contribution >= 0.6 is 0 Å². The second kappa shape index (κ2) is 7.18. The van der Waals surface area contributed by atoms with E-state index >= 15 is 0 Å². The summed E-state index contributed by atoms with van der Waals surface area (Å²) < 4.78 is 29.7. The second-order valence-electron chi connectivity index (χ2n) is 6.24. The third kappa shape index (κ3) is 3.94. The third-order valence-corrected chi connectivity index (χ3v) is 6.44. The summed E-state index contributed by atoms with van der Waals surface area (Å²) in [7, 11) is -1.54. The molecule has 1 aromatic rings. The van der Waals surface area contributed by atoms with Crippen LogP contribution in [0.5, 0.6) is 0 Å². The number of carbonyl (C=O) groups is 1. The van der Waals surface area contributed by atoms with Crippen molar-refractivity contribution in [2.75, 3.05) is 51.1 Å². The molecule has 2 saturated heterocycles. The third-order valence-electron chi connectivity index (χ3n) is 4.40. The lowest BCUT2D eigenvalue weighted by Gasteiger charge is -2.35. The van der Waals surface area contributed by atoms with E-state index in [2.05, 4.69) is 10.4 Å². The number of carbonyl (C=O) groups excluding carboxylic acids is 1. The van der Waals surface area contributed by atoms with Crippen LogP contribution in [0.25, 0.3) is 0 Å². The Hall–Kier alpha value is -1.49. The summed E-state index contributed by atoms with van der Waals surface area (Å²) in [4.78, 5) is 14.0. The lowest BCUT2D eigenvalue weighted by molar-refractivity contribution is -0.117. The van der Waals surface area contributed by atoms with Crippen LogP contribution in [0.3, 0.4) is 0 Å². The normalized spacial score (nSPS) is 21.2. The SMILES string of the molecule is Cn1cc(NC(=O)CN2CCN(S(=O)(=O)N3CCCC3)CC2)cn1. The molecule has 1 amide bonds. The van der Waals surface area contributed by atoms with Crippen molar-refractivity contribution >= 4 is 21.8 Å². The number of nitrogens with one attached hydrogen (secondary N) is 1. The summed E-state index contributed by atoms with van der Waals surface area (Å²) in [6.45, 7) is 3.48. The second-order valence-corrected chi connectivity index (χ2v) is 8.17. The van der Waals surface area contributed by atoms with Crippen LogP contribution in [-0.4, -0.2) is 83.4 Å². The Bertz CT molecular complexity index is 674. The standard InChI is InChI=1S/C14H24N6O3S/c1-17-11-13(10-15-17)16-14(21)12-18-6-8-20(9-7-18)24(22,23)19-4-2-3-5-19/h10-11H,2-9,12H2,1H3,(H,16,21). The first-order valence-corrected chi connectivity index (χ1v) is 9.61. The number of rotatable bonds is 5. The Morgan fingerprint density at radius 2 is 1.75 bits per heavy atom. The van der Waals surface area contributed by atoms with Crippen LogP contribution in [0.1, 0.15) is 12.8 Å². The topological polar surface area (TPSA) is 90.8 Å². The molecule has 2 fully saturated rings. The van der Waals surface area contributed by atoms with Gasteiger partial charge < -0.3 is 5.32 Å². The summed E-state index contributed by atoms with van der Waals surface area (Å²) in [5.74, 6) is -0.112. The van der Waals surface area contributed by atoms with Gasteiger partial charge in [-0.05, 0) is 12.8 Å². The van der Waals surface area contributed by atoms with Crippen molar-refractivity contribution in [1.29, 1.82) is 0 Å². The van der Waals surface area contributed by atoms with E-state index in [9.17, 15) is 13.2 Å². The first kappa shape index (κ1) is 17.3. The number of anilines is 1. The highest BCUT2D eigenvalue weighted by Gasteiger charge is 2.33. The molecule has 2 aliphatic heterocycles. The molecule has 0 saturated carbocycles. The number of amides is 1. The molecule has 1 N–H and O–H groups in total. The molecule has 9 nitrogen and oxygen atoms in total. The Kier molecular flexibility index (Phi) is 5.18. The molecule has 134 valence electrons. The van der Waals surface area contributed by atoms with Gasteiger partial charge in [-0.25, -0.2) is 0 Å². The minimum atomic E-state index is -3.33. The molecule has 2 aliphatic rings. The maximum Gasteiger partial charge on any atom is 0.282 e. The minimum Gasteiger partial charge on any atom is -0.322 e. The van der Waals surface area contributed by atoms with E-state index in [4.69, 9.17) is 0 Å². The average molecular weight is 356 g/mol. The zero-order valence-electron chi connectivity index (χ0n) is 13.9. The summed E-state index contributed by atoms with van der Waals surface area (Å²) >= 11 is 0. The number of nitrogens with zero attached hydrogens (tertiary/aromatic N) is 5. The van der Waals surface area contributed by atoms with Crippen LogP contribution in [0, 0.1) is 0 Å². The maximum atomic E-state index is 12.5. The Balaban J connectivity index is 1.47. The highest BCUT2D eigenvalue weighted by Crippen LogP contribution is 2.18. The largest absolute Gasteiger partial charge is 0.322 e. The molecule has 3 rings (SSSR count). The van der Waals surface area contributed by atoms with Crippen LogP contribution in [0.4, 0.5) is 5.69 Å². The van der Waals surface area contributed by atoms with Gasteiger partial charge in [-0.1, -0.05) is 0 Å². The highest BCUT2D eigenvalue weighted by atomic mass is 32.2. The predicted octanol–water partition coefficient (Wildman–Crippen LogP) is -0.683. The van der Waals surface area contributed by atoms with E-state index in [0.29, 0.717) is 45.0 Å². The zero-order valence-corrected chi connectivity index (χ0v) is 14.7. The molecule has 0 spiro atoms. The van der Waals surface area contributed by atoms with Crippen molar-refractivity contribution in [3.63, 3.8) is 0 Å². The lowest BCUT2D eigenvalue weighted by Crippen LogP contribution is -2.53. The molecule has 3 heterocycles. The number of hydrogen-bond acceptors (Lipinski definition) is 5. The van der Waals surface area contributed by atoms with Crippen LogP contribution in [0.15, 0.2) is 12.4 Å². The Morgan fingerprint density at radius 3 is 2.33 bits per heavy atom. The fraction of sp³-hybridized carbons (Fsp3) is 0.714. The van der Waals surface area contributed by atoms with E-state index in [1.54, 1.807) is 28.4 Å². The van der Waals surface area contributed by atoms with Crippen molar-refractivity contribution < 1.29 is 13.2 Å². The van der Waals surface area contributed by atoms with Crippen LogP contribution < -0.4 is 5.32 Å². The van der Waals surface area contributed by atoms with Gasteiger partial charge in [-0.15, -0.1) is 0 Å². The van der Waals surface area contributed by atoms with Gasteiger partial charge in [0.05, 0.1) is 18.4 Å². The first-order valence-electron chi connectivity index (χ1n) is 8.21. The van der Waals surface area contributed by atoms with Gasteiger partial charge in [0.25, 0.3) is 10.2 Å². The molecule has 0 radical (unpaired) electrons. The van der Waals surface area contributed by atoms with Gasteiger partial charge in [0.15, 0.2) is 0 Å². The van der Waals surface area contributed by atoms with Crippen molar-refractivity contribution in [1.82, 2.24) is 23.3 Å². The first-order chi connectivity index (χ1) is 11.4. The van der Waals surface area contributed by atoms with Crippen molar-refractivity contribution in [2.24, 2.45) is 7.05 Å². The number of aromatic nitrogens is 2. The van der Waals surface area contributed by atoms with Crippen molar-refractivity contribution in [3.8, 4) is 0 Å². The smallest absolute Gasteiger partial charge is 0.282 e. The lowest BCUT2D eigenvalue weighted by atomic mass is 10.3. The highest BCUT2D eigenvalue weighted by molar-refractivity contribution is 7.86. The molecular formula is C14H24N6O3S. The number of aryl methyl sites for hydroxylation is 1. The van der Waals surface area contributed by atoms with E-state index in [-0.39, 0.29) is 12.5 Å². The maximum absolute atomic E-state index is 12.5. The molecular weight excluding hydrogens is 332 g/mol. The van der Waals surface area contributed by atoms with Crippen molar-refractivity contribution in [3.05, 3.63) is 12.4 Å². The monoisotopic (exact) mass is 356 g/mol. The summed E-state index contributed by atoms with van der Waals surface area (Å²) in [6.07, 6.45) is 5.21. The Labute approximate surface area is 142 Å². The summed E-state index contributed by atoms with van der Waals surface area (Å²) in [5.41, 5.74) is 0.665. The Morgan fingerprint density at radius 1 is 1.12 bits per heavy atom. The number of hydrogen-bond donors (Lipinski definition) is 1. The van der Waals surface area contributed by atoms with Gasteiger partial charge in [-0.3, -0.25) is 14.4 Å². The molecule has 1 aromatic heterocycles. The van der Waals surface area contributed by atoms with E-state index in [0.717, 1.165) is 12.8 Å². The van der Waals surface area contributed by atoms with Gasteiger partial charge in [-0.2, -0.15) is 22.1 Å². The molecule has 0 bridgehead atoms. The van der Waals surface area contributed by atoms with Gasteiger partial charge >= 0.3 is 0 Å². The molecule has 0 atom stereocenters. The molecule has 0 aromatic carbocycles. The van der Waals surface area contributed by atoms with Crippen LogP contribution in [0.2, 0.25) is 0 Å². The average Bonchev–Trinajstić information content (AvgIpc) is 3.20. The summed E-state index contributed by atoms with van der Waals surface area (Å²) in [6, 6.07) is 0. The zero-order chi connectivity index (χ0) is 17.2. The van der Waals surface area contributed by atoms with Crippen LogP contribution in [-0.2, 0) is 22.1 Å². The van der Waals surface area contributed by atoms with E-state index in [1.807, 2.05) is 4.90 Å². The molecule has 0 aliphatic carbocycles. The van der Waals surface area contributed by atoms with E-state index in [1.165, 1.54) is 4.31 Å². The molecule has 24 heavy (non-hydrogen) atoms. The van der Waals surface area contributed by atoms with Gasteiger partial charge in [0.2, 0.25) is 5.91 Å². The molecule has 0 unspecified atom stereocenters. The fourth-order valence-corrected chi connectivity index (χ4v) is 4.76. The van der Waals surface area contributed by atoms with Gasteiger partial charge in [0, 0.05) is 52.5 Å². The van der Waals surface area contributed by atoms with Crippen molar-refractivity contribution in [2.45, 2.75) is 12.8 Å². The predicted molar refractivity (Wildman–Crippen MR) is 89.6 cm³/mol. The fourth-order valence-electron chi connectivity index (χ4n) is 3.09. The molecule has 10 heteroatoms. The summed E-state index contributed by atoms with van der Waals surface area (Å²) in [5, 5.41) is 6.79. The number of piperazine rings is 1. The minimum absolute atomic E-state index is 0.112. The van der Waals surface area contributed by atoms with Gasteiger partial charge in [0.1, 0.15) is 0 Å².